The molecule has 0 aromatic carbocycles. The van der Waals surface area contributed by atoms with Gasteiger partial charge in [0, 0.05) is 6.54 Å². The molecule has 0 rings (SSSR count). The Morgan fingerprint density at radius 3 is 2.41 bits per heavy atom. The summed E-state index contributed by atoms with van der Waals surface area (Å²) in [6.45, 7) is 7.57. The Morgan fingerprint density at radius 2 is 1.94 bits per heavy atom. The van der Waals surface area contributed by atoms with Gasteiger partial charge in [-0.25, -0.2) is 0 Å². The van der Waals surface area contributed by atoms with Gasteiger partial charge in [0.1, 0.15) is 11.6 Å². The molecule has 1 unspecified atom stereocenters. The maximum atomic E-state index is 11.5. The van der Waals surface area contributed by atoms with Crippen molar-refractivity contribution in [1.29, 1.82) is 0 Å². The molecule has 0 fully saturated rings. The molecule has 0 aromatic heterocycles. The van der Waals surface area contributed by atoms with Crippen LogP contribution in [0.3, 0.4) is 0 Å². The molecule has 0 saturated heterocycles. The van der Waals surface area contributed by atoms with Crippen LogP contribution in [0.2, 0.25) is 0 Å². The predicted octanol–water partition coefficient (Wildman–Crippen LogP) is -0.192. The number of carbonyl (C=O) groups excluding carboxylic acids is 2. The lowest BCUT2D eigenvalue weighted by Gasteiger charge is -2.22. The first-order valence-corrected chi connectivity index (χ1v) is 5.61. The minimum absolute atomic E-state index is 0.0321. The molecular weight excluding hydrogens is 224 g/mol. The fraction of sp³-hybridized carbons (Fsp3) is 0.818. The third-order valence-electron chi connectivity index (χ3n) is 1.65. The normalized spacial score (nSPS) is 13.0. The summed E-state index contributed by atoms with van der Waals surface area (Å²) in [4.78, 5) is 22.4. The zero-order valence-electron chi connectivity index (χ0n) is 10.9. The molecule has 1 atom stereocenters. The van der Waals surface area contributed by atoms with Gasteiger partial charge in [-0.05, 0) is 27.7 Å². The van der Waals surface area contributed by atoms with Crippen molar-refractivity contribution in [3.63, 3.8) is 0 Å². The van der Waals surface area contributed by atoms with Crippen LogP contribution in [0.5, 0.6) is 0 Å². The summed E-state index contributed by atoms with van der Waals surface area (Å²) < 4.78 is 9.79. The lowest BCUT2D eigenvalue weighted by atomic mass is 10.2. The highest BCUT2D eigenvalue weighted by atomic mass is 16.6. The topological polar surface area (TPSA) is 90.6 Å². The molecule has 0 amide bonds. The van der Waals surface area contributed by atoms with Crippen LogP contribution in [0.25, 0.3) is 0 Å². The van der Waals surface area contributed by atoms with Gasteiger partial charge in [-0.2, -0.15) is 0 Å². The fourth-order valence-corrected chi connectivity index (χ4v) is 1.00. The zero-order valence-corrected chi connectivity index (χ0v) is 10.9. The Bertz CT molecular complexity index is 261. The van der Waals surface area contributed by atoms with Gasteiger partial charge in [-0.3, -0.25) is 9.59 Å². The molecule has 0 saturated carbocycles. The molecule has 0 radical (unpaired) electrons. The lowest BCUT2D eigenvalue weighted by molar-refractivity contribution is -0.156. The predicted molar refractivity (Wildman–Crippen MR) is 63.3 cm³/mol. The largest absolute Gasteiger partial charge is 0.465 e. The molecule has 6 heteroatoms. The number of rotatable bonds is 6. The van der Waals surface area contributed by atoms with Crippen LogP contribution in [-0.2, 0) is 19.1 Å². The van der Waals surface area contributed by atoms with Crippen LogP contribution in [0, 0.1) is 0 Å². The number of hydrogen-bond acceptors (Lipinski definition) is 6. The zero-order chi connectivity index (χ0) is 13.5. The van der Waals surface area contributed by atoms with Crippen molar-refractivity contribution < 1.29 is 19.1 Å². The lowest BCUT2D eigenvalue weighted by Crippen LogP contribution is -2.45. The average Bonchev–Trinajstić information content (AvgIpc) is 2.15. The molecule has 0 aliphatic heterocycles. The quantitative estimate of drug-likeness (QED) is 0.631. The van der Waals surface area contributed by atoms with Gasteiger partial charge in [0.2, 0.25) is 0 Å². The summed E-state index contributed by atoms with van der Waals surface area (Å²) in [7, 11) is 0. The average molecular weight is 246 g/mol. The van der Waals surface area contributed by atoms with E-state index in [1.54, 1.807) is 27.7 Å². The Labute approximate surface area is 102 Å². The third-order valence-corrected chi connectivity index (χ3v) is 1.65. The van der Waals surface area contributed by atoms with Gasteiger partial charge >= 0.3 is 11.9 Å². The van der Waals surface area contributed by atoms with Crippen molar-refractivity contribution in [3.05, 3.63) is 0 Å². The fourth-order valence-electron chi connectivity index (χ4n) is 1.00. The molecule has 0 aliphatic rings. The van der Waals surface area contributed by atoms with Gasteiger partial charge in [0.15, 0.2) is 0 Å². The van der Waals surface area contributed by atoms with Crippen LogP contribution < -0.4 is 11.1 Å². The van der Waals surface area contributed by atoms with Gasteiger partial charge in [0.25, 0.3) is 0 Å². The van der Waals surface area contributed by atoms with E-state index in [4.69, 9.17) is 15.2 Å². The minimum atomic E-state index is -0.788. The maximum absolute atomic E-state index is 11.5. The van der Waals surface area contributed by atoms with Crippen LogP contribution in [-0.4, -0.2) is 43.3 Å². The molecule has 0 heterocycles. The maximum Gasteiger partial charge on any atom is 0.324 e. The SMILES string of the molecule is CCOC(=O)CNCC(N)C(=O)OC(C)(C)C. The summed E-state index contributed by atoms with van der Waals surface area (Å²) >= 11 is 0. The second-order valence-electron chi connectivity index (χ2n) is 4.58. The van der Waals surface area contributed by atoms with E-state index >= 15 is 0 Å². The number of ether oxygens (including phenoxy) is 2. The highest BCUT2D eigenvalue weighted by molar-refractivity contribution is 5.76. The van der Waals surface area contributed by atoms with E-state index < -0.39 is 17.6 Å². The summed E-state index contributed by atoms with van der Waals surface area (Å²) in [5.74, 6) is -0.863. The molecule has 17 heavy (non-hydrogen) atoms. The van der Waals surface area contributed by atoms with E-state index in [1.165, 1.54) is 0 Å². The van der Waals surface area contributed by atoms with Gasteiger partial charge in [-0.1, -0.05) is 0 Å². The van der Waals surface area contributed by atoms with E-state index in [2.05, 4.69) is 5.32 Å². The highest BCUT2D eigenvalue weighted by Gasteiger charge is 2.21. The molecule has 6 nitrogen and oxygen atoms in total. The molecule has 0 aliphatic carbocycles. The first kappa shape index (κ1) is 15.9. The van der Waals surface area contributed by atoms with Crippen LogP contribution in [0.15, 0.2) is 0 Å². The Hall–Kier alpha value is -1.14. The van der Waals surface area contributed by atoms with E-state index in [0.717, 1.165) is 0 Å². The molecule has 100 valence electrons. The van der Waals surface area contributed by atoms with Crippen LogP contribution in [0.1, 0.15) is 27.7 Å². The van der Waals surface area contributed by atoms with Crippen molar-refractivity contribution in [3.8, 4) is 0 Å². The molecule has 3 N–H and O–H groups in total. The molecule has 0 spiro atoms. The number of hydrogen-bond donors (Lipinski definition) is 2. The van der Waals surface area contributed by atoms with Crippen molar-refractivity contribution in [1.82, 2.24) is 5.32 Å². The monoisotopic (exact) mass is 246 g/mol. The molecule has 0 bridgehead atoms. The smallest absolute Gasteiger partial charge is 0.324 e. The van der Waals surface area contributed by atoms with Crippen molar-refractivity contribution in [2.24, 2.45) is 5.73 Å². The summed E-state index contributed by atoms with van der Waals surface area (Å²) in [6, 6.07) is -0.788. The second-order valence-corrected chi connectivity index (χ2v) is 4.58. The number of nitrogens with one attached hydrogen (secondary N) is 1. The molecule has 0 aromatic rings. The number of nitrogens with two attached hydrogens (primary N) is 1. The standard InChI is InChI=1S/C11H22N2O4/c1-5-16-9(14)7-13-6-8(12)10(15)17-11(2,3)4/h8,13H,5-7,12H2,1-4H3. The van der Waals surface area contributed by atoms with E-state index in [9.17, 15) is 9.59 Å². The van der Waals surface area contributed by atoms with Crippen LogP contribution in [0.4, 0.5) is 0 Å². The van der Waals surface area contributed by atoms with Crippen molar-refractivity contribution in [2.75, 3.05) is 19.7 Å². The first-order chi connectivity index (χ1) is 7.76. The summed E-state index contributed by atoms with van der Waals surface area (Å²) in [5.41, 5.74) is 5.04. The van der Waals surface area contributed by atoms with Crippen molar-refractivity contribution in [2.45, 2.75) is 39.3 Å². The Morgan fingerprint density at radius 1 is 1.35 bits per heavy atom. The van der Waals surface area contributed by atoms with E-state index in [-0.39, 0.29) is 19.1 Å². The van der Waals surface area contributed by atoms with E-state index in [0.29, 0.717) is 6.61 Å². The summed E-state index contributed by atoms with van der Waals surface area (Å²) in [6.07, 6.45) is 0. The van der Waals surface area contributed by atoms with E-state index in [1.807, 2.05) is 0 Å². The number of esters is 2. The minimum Gasteiger partial charge on any atom is -0.465 e. The Kier molecular flexibility index (Phi) is 6.75. The second kappa shape index (κ2) is 7.24. The van der Waals surface area contributed by atoms with Gasteiger partial charge in [-0.15, -0.1) is 0 Å². The molecular formula is C11H22N2O4. The summed E-state index contributed by atoms with van der Waals surface area (Å²) in [5, 5.41) is 2.74. The Balaban J connectivity index is 3.82. The van der Waals surface area contributed by atoms with Gasteiger partial charge in [0.05, 0.1) is 13.2 Å². The third kappa shape index (κ3) is 8.65. The van der Waals surface area contributed by atoms with Crippen molar-refractivity contribution >= 4 is 11.9 Å². The highest BCUT2D eigenvalue weighted by Crippen LogP contribution is 2.07. The van der Waals surface area contributed by atoms with Crippen LogP contribution >= 0.6 is 0 Å². The van der Waals surface area contributed by atoms with Gasteiger partial charge < -0.3 is 20.5 Å². The number of carbonyl (C=O) groups is 2. The first-order valence-electron chi connectivity index (χ1n) is 5.61.